The number of thiocarbonyl (C=S) groups is 1. The van der Waals surface area contributed by atoms with Gasteiger partial charge in [0.2, 0.25) is 0 Å². The SMILES string of the molecule is CC(C)CNC(=S)N/N=C\c1ccc([N+](=O)[O-])o1. The Kier molecular flexibility index (Phi) is 5.25. The minimum Gasteiger partial charge on any atom is -0.400 e. The molecule has 0 amide bonds. The van der Waals surface area contributed by atoms with Crippen molar-refractivity contribution in [3.63, 3.8) is 0 Å². The number of nitrogens with zero attached hydrogens (tertiary/aromatic N) is 2. The molecule has 0 bridgehead atoms. The van der Waals surface area contributed by atoms with E-state index in [1.807, 2.05) is 0 Å². The van der Waals surface area contributed by atoms with Gasteiger partial charge in [-0.2, -0.15) is 5.10 Å². The van der Waals surface area contributed by atoms with E-state index in [1.165, 1.54) is 18.3 Å². The molecule has 0 radical (unpaired) electrons. The first-order valence-electron chi connectivity index (χ1n) is 5.30. The maximum Gasteiger partial charge on any atom is 0.433 e. The minimum atomic E-state index is -0.612. The first-order chi connectivity index (χ1) is 8.49. The van der Waals surface area contributed by atoms with Crippen molar-refractivity contribution >= 4 is 29.4 Å². The summed E-state index contributed by atoms with van der Waals surface area (Å²) in [5, 5.41) is 17.5. The molecule has 0 aromatic carbocycles. The highest BCUT2D eigenvalue weighted by Gasteiger charge is 2.10. The van der Waals surface area contributed by atoms with Gasteiger partial charge in [-0.25, -0.2) is 0 Å². The number of hydrogen-bond donors (Lipinski definition) is 2. The largest absolute Gasteiger partial charge is 0.433 e. The number of nitrogens with one attached hydrogen (secondary N) is 2. The molecule has 1 aromatic heterocycles. The van der Waals surface area contributed by atoms with Crippen molar-refractivity contribution in [2.24, 2.45) is 11.0 Å². The number of rotatable bonds is 5. The van der Waals surface area contributed by atoms with E-state index in [9.17, 15) is 10.1 Å². The summed E-state index contributed by atoms with van der Waals surface area (Å²) in [5.74, 6) is 0.430. The summed E-state index contributed by atoms with van der Waals surface area (Å²) in [7, 11) is 0. The lowest BCUT2D eigenvalue weighted by Crippen LogP contribution is -2.34. The fraction of sp³-hybridized carbons (Fsp3) is 0.400. The summed E-state index contributed by atoms with van der Waals surface area (Å²) in [5.41, 5.74) is 2.58. The Morgan fingerprint density at radius 2 is 2.39 bits per heavy atom. The second-order valence-electron chi connectivity index (χ2n) is 3.91. The summed E-state index contributed by atoms with van der Waals surface area (Å²) >= 11 is 4.96. The van der Waals surface area contributed by atoms with Crippen LogP contribution in [-0.2, 0) is 0 Å². The molecular weight excluding hydrogens is 256 g/mol. The summed E-state index contributed by atoms with van der Waals surface area (Å²) < 4.78 is 4.87. The highest BCUT2D eigenvalue weighted by atomic mass is 32.1. The molecule has 0 aliphatic heterocycles. The van der Waals surface area contributed by atoms with Gasteiger partial charge in [-0.3, -0.25) is 15.5 Å². The van der Waals surface area contributed by atoms with Gasteiger partial charge in [0.05, 0.1) is 12.3 Å². The Morgan fingerprint density at radius 3 is 2.94 bits per heavy atom. The molecule has 0 saturated heterocycles. The maximum absolute atomic E-state index is 10.4. The van der Waals surface area contributed by atoms with Crippen molar-refractivity contribution in [2.75, 3.05) is 6.54 Å². The Balaban J connectivity index is 2.39. The molecule has 18 heavy (non-hydrogen) atoms. The number of hydrogen-bond acceptors (Lipinski definition) is 5. The van der Waals surface area contributed by atoms with Gasteiger partial charge in [0.1, 0.15) is 4.92 Å². The topological polar surface area (TPSA) is 92.7 Å². The highest BCUT2D eigenvalue weighted by Crippen LogP contribution is 2.13. The van der Waals surface area contributed by atoms with Gasteiger partial charge in [0, 0.05) is 6.54 Å². The summed E-state index contributed by atoms with van der Waals surface area (Å²) in [6.07, 6.45) is 1.32. The van der Waals surface area contributed by atoms with Crippen molar-refractivity contribution in [2.45, 2.75) is 13.8 Å². The van der Waals surface area contributed by atoms with E-state index in [1.54, 1.807) is 0 Å². The third-order valence-electron chi connectivity index (χ3n) is 1.82. The van der Waals surface area contributed by atoms with Gasteiger partial charge in [-0.05, 0) is 24.2 Å². The molecule has 1 aromatic rings. The second kappa shape index (κ2) is 6.70. The minimum absolute atomic E-state index is 0.279. The number of nitro groups is 1. The van der Waals surface area contributed by atoms with Crippen LogP contribution in [-0.4, -0.2) is 22.8 Å². The van der Waals surface area contributed by atoms with E-state index in [4.69, 9.17) is 16.6 Å². The number of furan rings is 1. The fourth-order valence-electron chi connectivity index (χ4n) is 1.00. The van der Waals surface area contributed by atoms with Crippen LogP contribution in [0.2, 0.25) is 0 Å². The molecule has 0 saturated carbocycles. The third kappa shape index (κ3) is 4.91. The van der Waals surface area contributed by atoms with Crippen LogP contribution in [0.3, 0.4) is 0 Å². The van der Waals surface area contributed by atoms with Crippen molar-refractivity contribution in [1.82, 2.24) is 10.7 Å². The zero-order chi connectivity index (χ0) is 13.5. The monoisotopic (exact) mass is 270 g/mol. The van der Waals surface area contributed by atoms with Gasteiger partial charge in [0.25, 0.3) is 0 Å². The standard InChI is InChI=1S/C10H14N4O3S/c1-7(2)5-11-10(18)13-12-6-8-3-4-9(17-8)14(15)16/h3-4,6-7H,5H2,1-2H3,(H2,11,13,18)/b12-6-. The van der Waals surface area contributed by atoms with Crippen molar-refractivity contribution in [3.8, 4) is 0 Å². The van der Waals surface area contributed by atoms with Crippen LogP contribution in [0.4, 0.5) is 5.88 Å². The predicted molar refractivity (Wildman–Crippen MR) is 71.5 cm³/mol. The Hall–Kier alpha value is -1.96. The lowest BCUT2D eigenvalue weighted by molar-refractivity contribution is -0.402. The smallest absolute Gasteiger partial charge is 0.400 e. The maximum atomic E-state index is 10.4. The summed E-state index contributed by atoms with van der Waals surface area (Å²) in [4.78, 5) is 9.75. The van der Waals surface area contributed by atoms with Gasteiger partial charge < -0.3 is 9.73 Å². The molecule has 0 fully saturated rings. The molecule has 8 heteroatoms. The lowest BCUT2D eigenvalue weighted by Gasteiger charge is -2.08. The average molecular weight is 270 g/mol. The van der Waals surface area contributed by atoms with Gasteiger partial charge >= 0.3 is 5.88 Å². The zero-order valence-electron chi connectivity index (χ0n) is 10.0. The van der Waals surface area contributed by atoms with Crippen molar-refractivity contribution < 1.29 is 9.34 Å². The Bertz CT molecular complexity index is 456. The number of hydrazone groups is 1. The molecule has 2 N–H and O–H groups in total. The van der Waals surface area contributed by atoms with Crippen LogP contribution < -0.4 is 10.7 Å². The molecule has 0 aliphatic rings. The highest BCUT2D eigenvalue weighted by molar-refractivity contribution is 7.80. The first-order valence-corrected chi connectivity index (χ1v) is 5.71. The first kappa shape index (κ1) is 14.1. The van der Waals surface area contributed by atoms with Crippen LogP contribution in [0.5, 0.6) is 0 Å². The molecule has 0 aliphatic carbocycles. The van der Waals surface area contributed by atoms with Crippen LogP contribution in [0, 0.1) is 16.0 Å². The normalized spacial score (nSPS) is 10.8. The van der Waals surface area contributed by atoms with Crippen LogP contribution in [0.1, 0.15) is 19.6 Å². The molecule has 0 atom stereocenters. The third-order valence-corrected chi connectivity index (χ3v) is 2.06. The van der Waals surface area contributed by atoms with E-state index in [0.29, 0.717) is 11.0 Å². The van der Waals surface area contributed by atoms with Gasteiger partial charge in [0.15, 0.2) is 10.9 Å². The molecule has 0 spiro atoms. The van der Waals surface area contributed by atoms with E-state index in [2.05, 4.69) is 29.7 Å². The molecule has 7 nitrogen and oxygen atoms in total. The van der Waals surface area contributed by atoms with E-state index in [-0.39, 0.29) is 11.6 Å². The van der Waals surface area contributed by atoms with Crippen molar-refractivity contribution in [1.29, 1.82) is 0 Å². The quantitative estimate of drug-likeness (QED) is 0.366. The molecule has 1 rings (SSSR count). The predicted octanol–water partition coefficient (Wildman–Crippen LogP) is 1.64. The van der Waals surface area contributed by atoms with Crippen molar-refractivity contribution in [3.05, 3.63) is 28.0 Å². The fourth-order valence-corrected chi connectivity index (χ4v) is 1.14. The second-order valence-corrected chi connectivity index (χ2v) is 4.32. The molecule has 0 unspecified atom stereocenters. The summed E-state index contributed by atoms with van der Waals surface area (Å²) in [6.45, 7) is 4.86. The van der Waals surface area contributed by atoms with Gasteiger partial charge in [-0.1, -0.05) is 13.8 Å². The molecule has 98 valence electrons. The van der Waals surface area contributed by atoms with E-state index < -0.39 is 4.92 Å². The molecular formula is C10H14N4O3S. The van der Waals surface area contributed by atoms with E-state index in [0.717, 1.165) is 6.54 Å². The lowest BCUT2D eigenvalue weighted by atomic mass is 10.2. The Morgan fingerprint density at radius 1 is 1.67 bits per heavy atom. The zero-order valence-corrected chi connectivity index (χ0v) is 10.9. The van der Waals surface area contributed by atoms with Crippen LogP contribution >= 0.6 is 12.2 Å². The van der Waals surface area contributed by atoms with Gasteiger partial charge in [-0.15, -0.1) is 0 Å². The van der Waals surface area contributed by atoms with E-state index >= 15 is 0 Å². The van der Waals surface area contributed by atoms with Crippen LogP contribution in [0.15, 0.2) is 21.7 Å². The summed E-state index contributed by atoms with van der Waals surface area (Å²) in [6, 6.07) is 2.71. The average Bonchev–Trinajstić information content (AvgIpc) is 2.75. The molecule has 1 heterocycles. The Labute approximate surface area is 109 Å². The van der Waals surface area contributed by atoms with Crippen LogP contribution in [0.25, 0.3) is 0 Å².